The van der Waals surface area contributed by atoms with Crippen molar-refractivity contribution in [3.05, 3.63) is 12.7 Å². The van der Waals surface area contributed by atoms with E-state index in [2.05, 4.69) is 6.58 Å². The fourth-order valence-corrected chi connectivity index (χ4v) is 3.21. The summed E-state index contributed by atoms with van der Waals surface area (Å²) in [5.41, 5.74) is 0. The third kappa shape index (κ3) is 4.93. The monoisotopic (exact) mass is 234 g/mol. The SMILES string of the molecule is C=CC(=O)OCCSC1COCCS1. The van der Waals surface area contributed by atoms with Crippen LogP contribution in [0, 0.1) is 0 Å². The predicted molar refractivity (Wildman–Crippen MR) is 60.7 cm³/mol. The molecule has 1 rings (SSSR count). The van der Waals surface area contributed by atoms with Gasteiger partial charge in [0.05, 0.1) is 17.8 Å². The molecule has 1 atom stereocenters. The van der Waals surface area contributed by atoms with Crippen LogP contribution >= 0.6 is 23.5 Å². The molecular formula is C9H14O3S2. The van der Waals surface area contributed by atoms with Crippen LogP contribution in [0.15, 0.2) is 12.7 Å². The molecule has 1 aliphatic heterocycles. The smallest absolute Gasteiger partial charge is 0.330 e. The average Bonchev–Trinajstić information content (AvgIpc) is 2.25. The minimum atomic E-state index is -0.349. The van der Waals surface area contributed by atoms with Crippen molar-refractivity contribution in [2.24, 2.45) is 0 Å². The molecule has 1 saturated heterocycles. The minimum Gasteiger partial charge on any atom is -0.462 e. The molecule has 0 N–H and O–H groups in total. The summed E-state index contributed by atoms with van der Waals surface area (Å²) in [6.07, 6.45) is 1.18. The zero-order chi connectivity index (χ0) is 10.2. The quantitative estimate of drug-likeness (QED) is 0.409. The van der Waals surface area contributed by atoms with Crippen LogP contribution in [0.2, 0.25) is 0 Å². The zero-order valence-corrected chi connectivity index (χ0v) is 9.57. The summed E-state index contributed by atoms with van der Waals surface area (Å²) in [6.45, 7) is 5.43. The third-order valence-corrected chi connectivity index (χ3v) is 4.22. The van der Waals surface area contributed by atoms with E-state index in [-0.39, 0.29) is 5.97 Å². The molecule has 0 aliphatic carbocycles. The number of ether oxygens (including phenoxy) is 2. The topological polar surface area (TPSA) is 35.5 Å². The molecule has 0 radical (unpaired) electrons. The van der Waals surface area contributed by atoms with Crippen molar-refractivity contribution in [3.63, 3.8) is 0 Å². The Kier molecular flexibility index (Phi) is 6.14. The molecule has 1 heterocycles. The van der Waals surface area contributed by atoms with E-state index >= 15 is 0 Å². The Balaban J connectivity index is 1.97. The number of carbonyl (C=O) groups is 1. The lowest BCUT2D eigenvalue weighted by molar-refractivity contribution is -0.137. The largest absolute Gasteiger partial charge is 0.462 e. The molecule has 80 valence electrons. The number of hydrogen-bond acceptors (Lipinski definition) is 5. The second-order valence-electron chi connectivity index (χ2n) is 2.62. The van der Waals surface area contributed by atoms with Gasteiger partial charge in [-0.2, -0.15) is 0 Å². The number of esters is 1. The molecule has 14 heavy (non-hydrogen) atoms. The number of hydrogen-bond donors (Lipinski definition) is 0. The van der Waals surface area contributed by atoms with Gasteiger partial charge in [0.25, 0.3) is 0 Å². The summed E-state index contributed by atoms with van der Waals surface area (Å²) in [4.78, 5) is 10.7. The Morgan fingerprint density at radius 2 is 2.64 bits per heavy atom. The molecule has 1 unspecified atom stereocenters. The molecule has 0 aromatic heterocycles. The Bertz CT molecular complexity index is 190. The molecule has 3 nitrogen and oxygen atoms in total. The maximum Gasteiger partial charge on any atom is 0.330 e. The Labute approximate surface area is 92.6 Å². The first-order chi connectivity index (χ1) is 6.83. The molecular weight excluding hydrogens is 220 g/mol. The fraction of sp³-hybridized carbons (Fsp3) is 0.667. The number of thioether (sulfide) groups is 2. The van der Waals surface area contributed by atoms with Crippen LogP contribution in [0.25, 0.3) is 0 Å². The summed E-state index contributed by atoms with van der Waals surface area (Å²) in [5, 5.41) is 0. The van der Waals surface area contributed by atoms with Crippen molar-refractivity contribution < 1.29 is 14.3 Å². The number of carbonyl (C=O) groups excluding carboxylic acids is 1. The van der Waals surface area contributed by atoms with E-state index < -0.39 is 0 Å². The Hall–Kier alpha value is -0.130. The van der Waals surface area contributed by atoms with Crippen LogP contribution in [0.4, 0.5) is 0 Å². The van der Waals surface area contributed by atoms with Crippen LogP contribution in [-0.2, 0) is 14.3 Å². The third-order valence-electron chi connectivity index (χ3n) is 1.58. The lowest BCUT2D eigenvalue weighted by Gasteiger charge is -2.20. The van der Waals surface area contributed by atoms with Crippen LogP contribution in [0.5, 0.6) is 0 Å². The second-order valence-corrected chi connectivity index (χ2v) is 5.54. The van der Waals surface area contributed by atoms with Gasteiger partial charge < -0.3 is 9.47 Å². The van der Waals surface area contributed by atoms with Crippen molar-refractivity contribution in [2.45, 2.75) is 4.58 Å². The molecule has 0 bridgehead atoms. The van der Waals surface area contributed by atoms with E-state index in [9.17, 15) is 4.79 Å². The second kappa shape index (κ2) is 7.20. The van der Waals surface area contributed by atoms with Crippen molar-refractivity contribution in [2.75, 3.05) is 31.3 Å². The first kappa shape index (κ1) is 11.9. The highest BCUT2D eigenvalue weighted by atomic mass is 32.2. The Morgan fingerprint density at radius 1 is 1.79 bits per heavy atom. The van der Waals surface area contributed by atoms with E-state index in [1.807, 2.05) is 11.8 Å². The first-order valence-electron chi connectivity index (χ1n) is 4.43. The average molecular weight is 234 g/mol. The van der Waals surface area contributed by atoms with Crippen molar-refractivity contribution in [3.8, 4) is 0 Å². The summed E-state index contributed by atoms with van der Waals surface area (Å²) in [6, 6.07) is 0. The molecule has 0 aromatic rings. The van der Waals surface area contributed by atoms with Gasteiger partial charge >= 0.3 is 5.97 Å². The molecule has 0 spiro atoms. The van der Waals surface area contributed by atoms with Crippen LogP contribution in [-0.4, -0.2) is 41.9 Å². The van der Waals surface area contributed by atoms with Crippen molar-refractivity contribution in [1.82, 2.24) is 0 Å². The highest BCUT2D eigenvalue weighted by Gasteiger charge is 2.14. The highest BCUT2D eigenvalue weighted by molar-refractivity contribution is 8.17. The van der Waals surface area contributed by atoms with Gasteiger partial charge in [-0.05, 0) is 0 Å². The normalized spacial score (nSPS) is 21.6. The van der Waals surface area contributed by atoms with Gasteiger partial charge in [-0.1, -0.05) is 6.58 Å². The zero-order valence-electron chi connectivity index (χ0n) is 7.94. The molecule has 0 aromatic carbocycles. The van der Waals surface area contributed by atoms with E-state index in [0.29, 0.717) is 11.2 Å². The fourth-order valence-electron chi connectivity index (χ4n) is 0.943. The van der Waals surface area contributed by atoms with Gasteiger partial charge in [0, 0.05) is 17.6 Å². The maximum absolute atomic E-state index is 10.7. The standard InChI is InChI=1S/C9H14O3S2/c1-2-8(10)12-4-6-14-9-7-11-3-5-13-9/h2,9H,1,3-7H2. The summed E-state index contributed by atoms with van der Waals surface area (Å²) in [5.74, 6) is 1.53. The van der Waals surface area contributed by atoms with Gasteiger partial charge in [-0.3, -0.25) is 0 Å². The highest BCUT2D eigenvalue weighted by Crippen LogP contribution is 2.26. The van der Waals surface area contributed by atoms with Gasteiger partial charge in [0.2, 0.25) is 0 Å². The van der Waals surface area contributed by atoms with E-state index in [0.717, 1.165) is 24.7 Å². The molecule has 1 aliphatic rings. The maximum atomic E-state index is 10.7. The van der Waals surface area contributed by atoms with E-state index in [1.54, 1.807) is 11.8 Å². The molecule has 0 amide bonds. The van der Waals surface area contributed by atoms with Crippen LogP contribution in [0.1, 0.15) is 0 Å². The summed E-state index contributed by atoms with van der Waals surface area (Å²) >= 11 is 3.68. The minimum absolute atomic E-state index is 0.349. The molecule has 5 heteroatoms. The van der Waals surface area contributed by atoms with Crippen LogP contribution in [0.3, 0.4) is 0 Å². The lowest BCUT2D eigenvalue weighted by atomic mass is 10.6. The number of rotatable bonds is 5. The van der Waals surface area contributed by atoms with E-state index in [4.69, 9.17) is 9.47 Å². The molecule has 1 fully saturated rings. The lowest BCUT2D eigenvalue weighted by Crippen LogP contribution is -2.18. The van der Waals surface area contributed by atoms with Gasteiger partial charge in [0.1, 0.15) is 6.61 Å². The van der Waals surface area contributed by atoms with Crippen molar-refractivity contribution in [1.29, 1.82) is 0 Å². The van der Waals surface area contributed by atoms with Gasteiger partial charge in [-0.25, -0.2) is 4.79 Å². The predicted octanol–water partition coefficient (Wildman–Crippen LogP) is 1.54. The van der Waals surface area contributed by atoms with Gasteiger partial charge in [0.15, 0.2) is 0 Å². The summed E-state index contributed by atoms with van der Waals surface area (Å²) in [7, 11) is 0. The molecule has 0 saturated carbocycles. The van der Waals surface area contributed by atoms with E-state index in [1.165, 1.54) is 6.08 Å². The van der Waals surface area contributed by atoms with Crippen molar-refractivity contribution >= 4 is 29.5 Å². The van der Waals surface area contributed by atoms with Gasteiger partial charge in [-0.15, -0.1) is 23.5 Å². The first-order valence-corrected chi connectivity index (χ1v) is 6.53. The summed E-state index contributed by atoms with van der Waals surface area (Å²) < 4.78 is 10.7. The Morgan fingerprint density at radius 3 is 3.29 bits per heavy atom. The van der Waals surface area contributed by atoms with Crippen LogP contribution < -0.4 is 0 Å².